The van der Waals surface area contributed by atoms with Crippen molar-refractivity contribution in [2.24, 2.45) is 0 Å². The summed E-state index contributed by atoms with van der Waals surface area (Å²) in [6, 6.07) is 7.62. The van der Waals surface area contributed by atoms with Crippen molar-refractivity contribution in [3.63, 3.8) is 0 Å². The number of methoxy groups -OCH3 is 1. The van der Waals surface area contributed by atoms with Gasteiger partial charge in [0.05, 0.1) is 13.4 Å². The fraction of sp³-hybridized carbons (Fsp3) is 0.588. The van der Waals surface area contributed by atoms with E-state index in [1.807, 2.05) is 38.1 Å². The highest BCUT2D eigenvalue weighted by Crippen LogP contribution is 2.18. The van der Waals surface area contributed by atoms with Crippen LogP contribution in [0.1, 0.15) is 32.3 Å². The van der Waals surface area contributed by atoms with Crippen molar-refractivity contribution in [1.82, 2.24) is 9.62 Å². The van der Waals surface area contributed by atoms with Gasteiger partial charge in [-0.3, -0.25) is 4.79 Å². The van der Waals surface area contributed by atoms with E-state index in [2.05, 4.69) is 5.32 Å². The molecule has 0 heterocycles. The molecule has 0 bridgehead atoms. The normalized spacial score (nSPS) is 12.9. The van der Waals surface area contributed by atoms with E-state index < -0.39 is 10.0 Å². The summed E-state index contributed by atoms with van der Waals surface area (Å²) in [6.45, 7) is 4.40. The first-order valence-electron chi connectivity index (χ1n) is 8.14. The Kier molecular flexibility index (Phi) is 8.21. The summed E-state index contributed by atoms with van der Waals surface area (Å²) in [4.78, 5) is 11.9. The van der Waals surface area contributed by atoms with Gasteiger partial charge in [-0.05, 0) is 31.4 Å². The maximum atomic E-state index is 12.0. The third-order valence-corrected chi connectivity index (χ3v) is 5.20. The zero-order chi connectivity index (χ0) is 18.2. The molecule has 0 spiro atoms. The number of nitrogens with one attached hydrogen (secondary N) is 1. The fourth-order valence-corrected chi connectivity index (χ4v) is 3.12. The molecule has 0 fully saturated rings. The molecular weight excluding hydrogens is 328 g/mol. The van der Waals surface area contributed by atoms with Crippen molar-refractivity contribution in [1.29, 1.82) is 0 Å². The van der Waals surface area contributed by atoms with Crippen molar-refractivity contribution in [3.8, 4) is 5.75 Å². The average Bonchev–Trinajstić information content (AvgIpc) is 2.53. The summed E-state index contributed by atoms with van der Waals surface area (Å²) in [7, 11) is -1.78. The summed E-state index contributed by atoms with van der Waals surface area (Å²) < 4.78 is 30.6. The Balaban J connectivity index is 2.65. The van der Waals surface area contributed by atoms with E-state index >= 15 is 0 Å². The lowest BCUT2D eigenvalue weighted by molar-refractivity contribution is -0.121. The van der Waals surface area contributed by atoms with Crippen LogP contribution in [0.3, 0.4) is 0 Å². The zero-order valence-electron chi connectivity index (χ0n) is 14.9. The van der Waals surface area contributed by atoms with Crippen molar-refractivity contribution in [2.75, 3.05) is 26.5 Å². The smallest absolute Gasteiger partial charge is 0.221 e. The molecule has 7 heteroatoms. The van der Waals surface area contributed by atoms with Crippen LogP contribution in [0.25, 0.3) is 0 Å². The Labute approximate surface area is 145 Å². The SMILES string of the molecule is CCC(C)NC(=O)CCN(CCc1ccccc1OC)S(C)(=O)=O. The predicted molar refractivity (Wildman–Crippen MR) is 95.6 cm³/mol. The average molecular weight is 356 g/mol. The van der Waals surface area contributed by atoms with Crippen molar-refractivity contribution >= 4 is 15.9 Å². The number of benzene rings is 1. The molecule has 0 aliphatic carbocycles. The number of carbonyl (C=O) groups excluding carboxylic acids is 1. The molecule has 0 aromatic heterocycles. The van der Waals surface area contributed by atoms with Crippen LogP contribution >= 0.6 is 0 Å². The van der Waals surface area contributed by atoms with Gasteiger partial charge in [0.15, 0.2) is 0 Å². The lowest BCUT2D eigenvalue weighted by Crippen LogP contribution is -2.38. The molecule has 0 aliphatic rings. The third-order valence-electron chi connectivity index (χ3n) is 3.90. The second-order valence-corrected chi connectivity index (χ2v) is 7.83. The molecule has 1 amide bonds. The number of amides is 1. The minimum absolute atomic E-state index is 0.0952. The molecule has 6 nitrogen and oxygen atoms in total. The second-order valence-electron chi connectivity index (χ2n) is 5.85. The largest absolute Gasteiger partial charge is 0.496 e. The molecule has 0 saturated carbocycles. The summed E-state index contributed by atoms with van der Waals surface area (Å²) in [5, 5.41) is 2.85. The number of ether oxygens (including phenoxy) is 1. The number of para-hydroxylation sites is 1. The van der Waals surface area contributed by atoms with Crippen molar-refractivity contribution in [3.05, 3.63) is 29.8 Å². The Bertz CT molecular complexity index is 631. The van der Waals surface area contributed by atoms with Gasteiger partial charge in [0.25, 0.3) is 0 Å². The standard InChI is InChI=1S/C17H28N2O4S/c1-5-14(2)18-17(20)11-13-19(24(4,21)22)12-10-15-8-6-7-9-16(15)23-3/h6-9,14H,5,10-13H2,1-4H3,(H,18,20). The second kappa shape index (κ2) is 9.64. The Morgan fingerprint density at radius 1 is 1.29 bits per heavy atom. The maximum absolute atomic E-state index is 12.0. The Morgan fingerprint density at radius 2 is 1.96 bits per heavy atom. The van der Waals surface area contributed by atoms with Gasteiger partial charge in [0.2, 0.25) is 15.9 Å². The van der Waals surface area contributed by atoms with Crippen LogP contribution in [0.5, 0.6) is 5.75 Å². The molecule has 1 aromatic carbocycles. The van der Waals surface area contributed by atoms with Gasteiger partial charge in [0.1, 0.15) is 5.75 Å². The number of nitrogens with zero attached hydrogens (tertiary/aromatic N) is 1. The molecule has 1 atom stereocenters. The molecule has 1 N–H and O–H groups in total. The Hall–Kier alpha value is -1.60. The minimum Gasteiger partial charge on any atom is -0.496 e. The van der Waals surface area contributed by atoms with Gasteiger partial charge in [0, 0.05) is 25.6 Å². The Morgan fingerprint density at radius 3 is 2.54 bits per heavy atom. The van der Waals surface area contributed by atoms with Gasteiger partial charge >= 0.3 is 0 Å². The lowest BCUT2D eigenvalue weighted by Gasteiger charge is -2.21. The highest BCUT2D eigenvalue weighted by Gasteiger charge is 2.18. The van der Waals surface area contributed by atoms with Gasteiger partial charge in [-0.2, -0.15) is 0 Å². The molecule has 1 unspecified atom stereocenters. The molecule has 0 aliphatic heterocycles. The van der Waals surface area contributed by atoms with Crippen LogP contribution in [0.15, 0.2) is 24.3 Å². The first kappa shape index (κ1) is 20.4. The molecule has 136 valence electrons. The number of hydrogen-bond donors (Lipinski definition) is 1. The minimum atomic E-state index is -3.37. The van der Waals surface area contributed by atoms with Crippen LogP contribution in [0.2, 0.25) is 0 Å². The van der Waals surface area contributed by atoms with E-state index in [0.717, 1.165) is 17.7 Å². The number of rotatable bonds is 10. The summed E-state index contributed by atoms with van der Waals surface area (Å²) in [5.74, 6) is 0.607. The van der Waals surface area contributed by atoms with Crippen LogP contribution in [0, 0.1) is 0 Å². The van der Waals surface area contributed by atoms with Crippen LogP contribution < -0.4 is 10.1 Å². The maximum Gasteiger partial charge on any atom is 0.221 e. The van der Waals surface area contributed by atoms with E-state index in [9.17, 15) is 13.2 Å². The molecule has 0 radical (unpaired) electrons. The highest BCUT2D eigenvalue weighted by atomic mass is 32.2. The third kappa shape index (κ3) is 6.88. The van der Waals surface area contributed by atoms with E-state index in [0.29, 0.717) is 13.0 Å². The van der Waals surface area contributed by atoms with Crippen molar-refractivity contribution in [2.45, 2.75) is 39.2 Å². The van der Waals surface area contributed by atoms with Crippen LogP contribution in [-0.2, 0) is 21.2 Å². The van der Waals surface area contributed by atoms with E-state index in [4.69, 9.17) is 4.74 Å². The number of hydrogen-bond acceptors (Lipinski definition) is 4. The first-order valence-corrected chi connectivity index (χ1v) is 9.99. The zero-order valence-corrected chi connectivity index (χ0v) is 15.7. The summed E-state index contributed by atoms with van der Waals surface area (Å²) in [6.07, 6.45) is 2.70. The quantitative estimate of drug-likeness (QED) is 0.694. The lowest BCUT2D eigenvalue weighted by atomic mass is 10.1. The van der Waals surface area contributed by atoms with Crippen molar-refractivity contribution < 1.29 is 17.9 Å². The monoisotopic (exact) mass is 356 g/mol. The van der Waals surface area contributed by atoms with Gasteiger partial charge < -0.3 is 10.1 Å². The molecule has 0 saturated heterocycles. The van der Waals surface area contributed by atoms with Crippen LogP contribution in [0.4, 0.5) is 0 Å². The topological polar surface area (TPSA) is 75.7 Å². The van der Waals surface area contributed by atoms with Gasteiger partial charge in [-0.15, -0.1) is 0 Å². The number of sulfonamides is 1. The first-order chi connectivity index (χ1) is 11.3. The van der Waals surface area contributed by atoms with E-state index in [1.54, 1.807) is 7.11 Å². The fourth-order valence-electron chi connectivity index (χ4n) is 2.27. The predicted octanol–water partition coefficient (Wildman–Crippen LogP) is 1.80. The molecule has 1 aromatic rings. The molecule has 24 heavy (non-hydrogen) atoms. The highest BCUT2D eigenvalue weighted by molar-refractivity contribution is 7.88. The van der Waals surface area contributed by atoms with Gasteiger partial charge in [-0.1, -0.05) is 25.1 Å². The van der Waals surface area contributed by atoms with Crippen LogP contribution in [-0.4, -0.2) is 51.1 Å². The van der Waals surface area contributed by atoms with Gasteiger partial charge in [-0.25, -0.2) is 12.7 Å². The summed E-state index contributed by atoms with van der Waals surface area (Å²) in [5.41, 5.74) is 0.942. The summed E-state index contributed by atoms with van der Waals surface area (Å²) >= 11 is 0. The molecular formula is C17H28N2O4S. The molecule has 1 rings (SSSR count). The van der Waals surface area contributed by atoms with E-state index in [1.165, 1.54) is 10.6 Å². The number of carbonyl (C=O) groups is 1. The van der Waals surface area contributed by atoms with E-state index in [-0.39, 0.29) is 24.9 Å².